The van der Waals surface area contributed by atoms with E-state index in [1.165, 1.54) is 12.4 Å². The number of imidazole rings is 1. The van der Waals surface area contributed by atoms with Crippen molar-refractivity contribution in [3.05, 3.63) is 60.8 Å². The second kappa shape index (κ2) is 4.73. The number of nitrogens with zero attached hydrogens (tertiary/aromatic N) is 3. The summed E-state index contributed by atoms with van der Waals surface area (Å²) in [5.41, 5.74) is 8.22. The number of pyridine rings is 1. The molecule has 2 heterocycles. The molecule has 0 atom stereocenters. The lowest BCUT2D eigenvalue weighted by atomic mass is 10.2. The molecule has 0 fully saturated rings. The standard InChI is InChI=1S/C14H10F2N4/c15-11-2-1-9(5-12(11)16)20-8-19-7-14(20)10-6-18-4-3-13(10)17/h1-8H,(H2,17,18). The number of hydrogen-bond acceptors (Lipinski definition) is 3. The van der Waals surface area contributed by atoms with Gasteiger partial charge in [0.15, 0.2) is 11.6 Å². The first-order valence-electron chi connectivity index (χ1n) is 5.84. The Hall–Kier alpha value is -2.76. The molecule has 0 aliphatic carbocycles. The molecule has 0 saturated carbocycles. The molecule has 0 amide bonds. The number of anilines is 1. The van der Waals surface area contributed by atoms with Gasteiger partial charge in [-0.05, 0) is 18.2 Å². The van der Waals surface area contributed by atoms with Crippen molar-refractivity contribution in [2.75, 3.05) is 5.73 Å². The molecule has 0 saturated heterocycles. The quantitative estimate of drug-likeness (QED) is 0.780. The maximum Gasteiger partial charge on any atom is 0.160 e. The lowest BCUT2D eigenvalue weighted by Crippen LogP contribution is -1.99. The van der Waals surface area contributed by atoms with Crippen molar-refractivity contribution in [1.82, 2.24) is 14.5 Å². The van der Waals surface area contributed by atoms with Gasteiger partial charge in [0, 0.05) is 29.7 Å². The van der Waals surface area contributed by atoms with Crippen LogP contribution in [0.1, 0.15) is 0 Å². The summed E-state index contributed by atoms with van der Waals surface area (Å²) in [4.78, 5) is 8.04. The summed E-state index contributed by atoms with van der Waals surface area (Å²) in [6.07, 6.45) is 6.28. The molecule has 0 aliphatic heterocycles. The van der Waals surface area contributed by atoms with E-state index >= 15 is 0 Å². The third-order valence-corrected chi connectivity index (χ3v) is 2.95. The van der Waals surface area contributed by atoms with E-state index in [0.29, 0.717) is 22.6 Å². The normalized spacial score (nSPS) is 10.7. The Balaban J connectivity index is 2.15. The molecule has 0 bridgehead atoms. The van der Waals surface area contributed by atoms with Crippen LogP contribution in [0.2, 0.25) is 0 Å². The molecule has 0 unspecified atom stereocenters. The Morgan fingerprint density at radius 1 is 1.00 bits per heavy atom. The third-order valence-electron chi connectivity index (χ3n) is 2.95. The Bertz CT molecular complexity index is 767. The van der Waals surface area contributed by atoms with Crippen molar-refractivity contribution in [3.63, 3.8) is 0 Å². The molecule has 20 heavy (non-hydrogen) atoms. The van der Waals surface area contributed by atoms with Gasteiger partial charge in [0.2, 0.25) is 0 Å². The molecule has 0 aliphatic rings. The van der Waals surface area contributed by atoms with Gasteiger partial charge in [-0.3, -0.25) is 9.55 Å². The SMILES string of the molecule is Nc1ccncc1-c1cncn1-c1ccc(F)c(F)c1. The molecule has 4 nitrogen and oxygen atoms in total. The molecule has 1 aromatic carbocycles. The predicted octanol–water partition coefficient (Wildman–Crippen LogP) is 2.79. The van der Waals surface area contributed by atoms with E-state index in [2.05, 4.69) is 9.97 Å². The van der Waals surface area contributed by atoms with Crippen LogP contribution in [0.3, 0.4) is 0 Å². The molecular formula is C14H10F2N4. The van der Waals surface area contributed by atoms with Crippen molar-refractivity contribution in [2.45, 2.75) is 0 Å². The Labute approximate surface area is 113 Å². The smallest absolute Gasteiger partial charge is 0.160 e. The molecule has 6 heteroatoms. The van der Waals surface area contributed by atoms with Crippen molar-refractivity contribution in [3.8, 4) is 16.9 Å². The zero-order valence-electron chi connectivity index (χ0n) is 10.3. The van der Waals surface area contributed by atoms with Crippen LogP contribution in [0.5, 0.6) is 0 Å². The van der Waals surface area contributed by atoms with E-state index in [-0.39, 0.29) is 0 Å². The highest BCUT2D eigenvalue weighted by Gasteiger charge is 2.11. The molecule has 3 aromatic rings. The zero-order valence-corrected chi connectivity index (χ0v) is 10.3. The Morgan fingerprint density at radius 2 is 1.85 bits per heavy atom. The van der Waals surface area contributed by atoms with Gasteiger partial charge < -0.3 is 5.73 Å². The van der Waals surface area contributed by atoms with E-state index in [1.54, 1.807) is 29.2 Å². The highest BCUT2D eigenvalue weighted by molar-refractivity contribution is 5.73. The summed E-state index contributed by atoms with van der Waals surface area (Å²) >= 11 is 0. The highest BCUT2D eigenvalue weighted by atomic mass is 19.2. The minimum Gasteiger partial charge on any atom is -0.398 e. The van der Waals surface area contributed by atoms with Crippen LogP contribution >= 0.6 is 0 Å². The second-order valence-corrected chi connectivity index (χ2v) is 4.21. The van der Waals surface area contributed by atoms with E-state index in [4.69, 9.17) is 5.73 Å². The van der Waals surface area contributed by atoms with Gasteiger partial charge in [0.05, 0.1) is 23.9 Å². The van der Waals surface area contributed by atoms with Gasteiger partial charge >= 0.3 is 0 Å². The summed E-state index contributed by atoms with van der Waals surface area (Å²) in [6.45, 7) is 0. The van der Waals surface area contributed by atoms with Gasteiger partial charge in [0.25, 0.3) is 0 Å². The first-order chi connectivity index (χ1) is 9.66. The second-order valence-electron chi connectivity index (χ2n) is 4.21. The topological polar surface area (TPSA) is 56.7 Å². The van der Waals surface area contributed by atoms with Crippen LogP contribution in [0, 0.1) is 11.6 Å². The van der Waals surface area contributed by atoms with Crippen LogP contribution in [-0.4, -0.2) is 14.5 Å². The zero-order chi connectivity index (χ0) is 14.1. The maximum atomic E-state index is 13.3. The molecule has 3 rings (SSSR count). The van der Waals surface area contributed by atoms with Gasteiger partial charge in [-0.15, -0.1) is 0 Å². The van der Waals surface area contributed by atoms with E-state index in [9.17, 15) is 8.78 Å². The number of benzene rings is 1. The number of hydrogen-bond donors (Lipinski definition) is 1. The molecule has 0 radical (unpaired) electrons. The summed E-state index contributed by atoms with van der Waals surface area (Å²) < 4.78 is 28.0. The van der Waals surface area contributed by atoms with Gasteiger partial charge in [-0.25, -0.2) is 13.8 Å². The maximum absolute atomic E-state index is 13.3. The molecule has 2 N–H and O–H groups in total. The van der Waals surface area contributed by atoms with E-state index < -0.39 is 11.6 Å². The number of nitrogens with two attached hydrogens (primary N) is 1. The number of rotatable bonds is 2. The average molecular weight is 272 g/mol. The largest absolute Gasteiger partial charge is 0.398 e. The first kappa shape index (κ1) is 12.3. The summed E-state index contributed by atoms with van der Waals surface area (Å²) in [5.74, 6) is -1.81. The lowest BCUT2D eigenvalue weighted by molar-refractivity contribution is 0.508. The molecule has 100 valence electrons. The van der Waals surface area contributed by atoms with Crippen LogP contribution in [0.25, 0.3) is 16.9 Å². The predicted molar refractivity (Wildman–Crippen MR) is 71.1 cm³/mol. The summed E-state index contributed by atoms with van der Waals surface area (Å²) in [7, 11) is 0. The van der Waals surface area contributed by atoms with E-state index in [0.717, 1.165) is 12.1 Å². The van der Waals surface area contributed by atoms with Crippen molar-refractivity contribution < 1.29 is 8.78 Å². The fourth-order valence-electron chi connectivity index (χ4n) is 1.95. The van der Waals surface area contributed by atoms with Crippen molar-refractivity contribution in [1.29, 1.82) is 0 Å². The average Bonchev–Trinajstić information content (AvgIpc) is 2.91. The van der Waals surface area contributed by atoms with Crippen molar-refractivity contribution >= 4 is 5.69 Å². The highest BCUT2D eigenvalue weighted by Crippen LogP contribution is 2.27. The third kappa shape index (κ3) is 2.01. The van der Waals surface area contributed by atoms with Crippen LogP contribution in [-0.2, 0) is 0 Å². The van der Waals surface area contributed by atoms with E-state index in [1.807, 2.05) is 0 Å². The minimum absolute atomic E-state index is 0.458. The van der Waals surface area contributed by atoms with Gasteiger partial charge in [0.1, 0.15) is 0 Å². The van der Waals surface area contributed by atoms with Crippen LogP contribution in [0.4, 0.5) is 14.5 Å². The summed E-state index contributed by atoms with van der Waals surface area (Å²) in [5, 5.41) is 0. The monoisotopic (exact) mass is 272 g/mol. The molecular weight excluding hydrogens is 262 g/mol. The van der Waals surface area contributed by atoms with Crippen LogP contribution in [0.15, 0.2) is 49.2 Å². The number of halogens is 2. The fourth-order valence-corrected chi connectivity index (χ4v) is 1.95. The fraction of sp³-hybridized carbons (Fsp3) is 0. The first-order valence-corrected chi connectivity index (χ1v) is 5.84. The number of aromatic nitrogens is 3. The van der Waals surface area contributed by atoms with Crippen molar-refractivity contribution in [2.24, 2.45) is 0 Å². The summed E-state index contributed by atoms with van der Waals surface area (Å²) in [6, 6.07) is 5.31. The minimum atomic E-state index is -0.915. The number of nitrogen functional groups attached to an aromatic ring is 1. The van der Waals surface area contributed by atoms with Crippen LogP contribution < -0.4 is 5.73 Å². The van der Waals surface area contributed by atoms with Gasteiger partial charge in [-0.2, -0.15) is 0 Å². The molecule has 0 spiro atoms. The Kier molecular flexibility index (Phi) is 2.90. The lowest BCUT2D eigenvalue weighted by Gasteiger charge is -2.10. The molecule has 2 aromatic heterocycles. The Morgan fingerprint density at radius 3 is 2.60 bits per heavy atom. The van der Waals surface area contributed by atoms with Gasteiger partial charge in [-0.1, -0.05) is 0 Å².